The molecule has 1 atom stereocenters. The fourth-order valence-corrected chi connectivity index (χ4v) is 1.87. The minimum Gasteiger partial charge on any atom is -0.394 e. The van der Waals surface area contributed by atoms with Gasteiger partial charge in [-0.25, -0.2) is 4.68 Å². The first-order valence-corrected chi connectivity index (χ1v) is 5.69. The molecule has 7 heteroatoms. The molecule has 1 aromatic rings. The number of aliphatic hydroxyl groups excluding tert-OH is 1. The predicted molar refractivity (Wildman–Crippen MR) is 60.0 cm³/mol. The summed E-state index contributed by atoms with van der Waals surface area (Å²) in [5.41, 5.74) is 0.779. The van der Waals surface area contributed by atoms with Gasteiger partial charge in [0.15, 0.2) is 0 Å². The first kappa shape index (κ1) is 12.0. The van der Waals surface area contributed by atoms with Crippen molar-refractivity contribution in [3.05, 3.63) is 11.9 Å². The highest BCUT2D eigenvalue weighted by Crippen LogP contribution is 2.08. The summed E-state index contributed by atoms with van der Waals surface area (Å²) in [6.45, 7) is 1.81. The molecule has 2 N–H and O–H groups in total. The van der Waals surface area contributed by atoms with E-state index in [1.807, 2.05) is 7.05 Å². The lowest BCUT2D eigenvalue weighted by atomic mass is 10.2. The molecule has 0 radical (unpaired) electrons. The van der Waals surface area contributed by atoms with Crippen molar-refractivity contribution in [3.8, 4) is 0 Å². The van der Waals surface area contributed by atoms with E-state index in [4.69, 9.17) is 5.11 Å². The van der Waals surface area contributed by atoms with Crippen LogP contribution < -0.4 is 5.32 Å². The maximum atomic E-state index is 11.6. The Bertz CT molecular complexity index is 392. The van der Waals surface area contributed by atoms with E-state index in [1.54, 1.807) is 15.8 Å². The van der Waals surface area contributed by atoms with Gasteiger partial charge < -0.3 is 10.0 Å². The summed E-state index contributed by atoms with van der Waals surface area (Å²) < 4.78 is 1.58. The van der Waals surface area contributed by atoms with Crippen LogP contribution in [0.5, 0.6) is 0 Å². The van der Waals surface area contributed by atoms with Gasteiger partial charge in [-0.2, -0.15) is 0 Å². The second-order valence-electron chi connectivity index (χ2n) is 4.18. The number of aromatic nitrogens is 3. The van der Waals surface area contributed by atoms with Gasteiger partial charge in [0.2, 0.25) is 5.91 Å². The van der Waals surface area contributed by atoms with Crippen LogP contribution in [0.1, 0.15) is 12.1 Å². The fraction of sp³-hybridized carbons (Fsp3) is 0.700. The van der Waals surface area contributed by atoms with Crippen LogP contribution in [0, 0.1) is 0 Å². The lowest BCUT2D eigenvalue weighted by molar-refractivity contribution is -0.128. The smallest absolute Gasteiger partial charge is 0.239 e. The lowest BCUT2D eigenvalue weighted by Gasteiger charge is -2.10. The number of carbonyl (C=O) groups is 1. The van der Waals surface area contributed by atoms with Gasteiger partial charge in [-0.15, -0.1) is 5.10 Å². The van der Waals surface area contributed by atoms with Gasteiger partial charge in [0.1, 0.15) is 0 Å². The van der Waals surface area contributed by atoms with Crippen LogP contribution in [0.2, 0.25) is 0 Å². The summed E-state index contributed by atoms with van der Waals surface area (Å²) in [6.07, 6.45) is 2.60. The van der Waals surface area contributed by atoms with Gasteiger partial charge in [0, 0.05) is 26.3 Å². The zero-order valence-electron chi connectivity index (χ0n) is 9.83. The molecule has 0 aromatic carbocycles. The standard InChI is InChI=1S/C10H17N5O2/c1-14-3-2-9(10(14)17)11-6-8-7-15(4-5-16)13-12-8/h7,9,11,16H,2-6H2,1H3. The number of nitrogens with one attached hydrogen (secondary N) is 1. The number of rotatable bonds is 5. The van der Waals surface area contributed by atoms with Crippen molar-refractivity contribution in [2.45, 2.75) is 25.6 Å². The molecule has 17 heavy (non-hydrogen) atoms. The van der Waals surface area contributed by atoms with Crippen molar-refractivity contribution in [1.82, 2.24) is 25.2 Å². The van der Waals surface area contributed by atoms with E-state index < -0.39 is 0 Å². The Morgan fingerprint density at radius 1 is 1.65 bits per heavy atom. The Morgan fingerprint density at radius 3 is 3.12 bits per heavy atom. The predicted octanol–water partition coefficient (Wildman–Crippen LogP) is -1.41. The number of aliphatic hydroxyl groups is 1. The van der Waals surface area contributed by atoms with Crippen LogP contribution in [0.15, 0.2) is 6.20 Å². The van der Waals surface area contributed by atoms with Gasteiger partial charge in [0.25, 0.3) is 0 Å². The van der Waals surface area contributed by atoms with E-state index in [2.05, 4.69) is 15.6 Å². The zero-order chi connectivity index (χ0) is 12.3. The summed E-state index contributed by atoms with van der Waals surface area (Å²) in [6, 6.07) is -0.108. The number of likely N-dealkylation sites (N-methyl/N-ethyl adjacent to an activating group) is 1. The molecular formula is C10H17N5O2. The molecule has 1 aliphatic rings. The summed E-state index contributed by atoms with van der Waals surface area (Å²) >= 11 is 0. The number of likely N-dealkylation sites (tertiary alicyclic amines) is 1. The van der Waals surface area contributed by atoms with E-state index >= 15 is 0 Å². The van der Waals surface area contributed by atoms with E-state index in [1.165, 1.54) is 0 Å². The molecule has 2 rings (SSSR count). The average molecular weight is 239 g/mol. The molecule has 94 valence electrons. The molecule has 0 saturated carbocycles. The first-order chi connectivity index (χ1) is 8.20. The SMILES string of the molecule is CN1CCC(NCc2cn(CCO)nn2)C1=O. The number of hydrogen-bond acceptors (Lipinski definition) is 5. The van der Waals surface area contributed by atoms with Crippen LogP contribution in [-0.4, -0.2) is 57.1 Å². The highest BCUT2D eigenvalue weighted by atomic mass is 16.3. The van der Waals surface area contributed by atoms with Crippen LogP contribution in [0.3, 0.4) is 0 Å². The van der Waals surface area contributed by atoms with Crippen LogP contribution in [0.4, 0.5) is 0 Å². The largest absolute Gasteiger partial charge is 0.394 e. The summed E-state index contributed by atoms with van der Waals surface area (Å²) in [4.78, 5) is 13.3. The molecule has 7 nitrogen and oxygen atoms in total. The quantitative estimate of drug-likeness (QED) is 0.659. The molecule has 0 bridgehead atoms. The third kappa shape index (κ3) is 2.80. The number of hydrogen-bond donors (Lipinski definition) is 2. The molecule has 1 unspecified atom stereocenters. The third-order valence-corrected chi connectivity index (χ3v) is 2.87. The van der Waals surface area contributed by atoms with Crippen molar-refractivity contribution in [2.24, 2.45) is 0 Å². The summed E-state index contributed by atoms with van der Waals surface area (Å²) in [5.74, 6) is 0.132. The Balaban J connectivity index is 1.83. The van der Waals surface area contributed by atoms with Crippen LogP contribution in [0.25, 0.3) is 0 Å². The number of carbonyl (C=O) groups excluding carboxylic acids is 1. The van der Waals surface area contributed by atoms with E-state index in [0.29, 0.717) is 13.1 Å². The normalized spacial score (nSPS) is 20.2. The number of amides is 1. The molecule has 1 aliphatic heterocycles. The third-order valence-electron chi connectivity index (χ3n) is 2.87. The van der Waals surface area contributed by atoms with Crippen molar-refractivity contribution in [1.29, 1.82) is 0 Å². The molecule has 1 aromatic heterocycles. The van der Waals surface area contributed by atoms with Crippen molar-refractivity contribution < 1.29 is 9.90 Å². The highest BCUT2D eigenvalue weighted by Gasteiger charge is 2.28. The minimum atomic E-state index is -0.108. The van der Waals surface area contributed by atoms with Gasteiger partial charge >= 0.3 is 0 Å². The van der Waals surface area contributed by atoms with Gasteiger partial charge in [-0.3, -0.25) is 10.1 Å². The molecule has 1 fully saturated rings. The second kappa shape index (κ2) is 5.24. The molecule has 2 heterocycles. The van der Waals surface area contributed by atoms with E-state index in [9.17, 15) is 4.79 Å². The second-order valence-corrected chi connectivity index (χ2v) is 4.18. The molecule has 0 spiro atoms. The Labute approximate surface area is 99.4 Å². The highest BCUT2D eigenvalue weighted by molar-refractivity contribution is 5.83. The van der Waals surface area contributed by atoms with Crippen molar-refractivity contribution in [2.75, 3.05) is 20.2 Å². The molecule has 1 saturated heterocycles. The zero-order valence-corrected chi connectivity index (χ0v) is 9.83. The van der Waals surface area contributed by atoms with E-state index in [0.717, 1.165) is 18.7 Å². The van der Waals surface area contributed by atoms with Crippen molar-refractivity contribution >= 4 is 5.91 Å². The maximum absolute atomic E-state index is 11.6. The number of nitrogens with zero attached hydrogens (tertiary/aromatic N) is 4. The van der Waals surface area contributed by atoms with Crippen LogP contribution >= 0.6 is 0 Å². The maximum Gasteiger partial charge on any atom is 0.239 e. The molecular weight excluding hydrogens is 222 g/mol. The summed E-state index contributed by atoms with van der Waals surface area (Å²) in [5, 5.41) is 19.7. The topological polar surface area (TPSA) is 83.3 Å². The first-order valence-electron chi connectivity index (χ1n) is 5.69. The van der Waals surface area contributed by atoms with Crippen molar-refractivity contribution in [3.63, 3.8) is 0 Å². The Morgan fingerprint density at radius 2 is 2.47 bits per heavy atom. The lowest BCUT2D eigenvalue weighted by Crippen LogP contribution is -2.36. The average Bonchev–Trinajstić information content (AvgIpc) is 2.87. The van der Waals surface area contributed by atoms with Gasteiger partial charge in [0.05, 0.1) is 24.9 Å². The van der Waals surface area contributed by atoms with Gasteiger partial charge in [-0.1, -0.05) is 5.21 Å². The van der Waals surface area contributed by atoms with Crippen LogP contribution in [-0.2, 0) is 17.9 Å². The van der Waals surface area contributed by atoms with Gasteiger partial charge in [-0.05, 0) is 6.42 Å². The Hall–Kier alpha value is -1.47. The van der Waals surface area contributed by atoms with E-state index in [-0.39, 0.29) is 18.6 Å². The summed E-state index contributed by atoms with van der Waals surface area (Å²) in [7, 11) is 1.81. The monoisotopic (exact) mass is 239 g/mol. The molecule has 0 aliphatic carbocycles. The molecule has 1 amide bonds. The minimum absolute atomic E-state index is 0.0438. The Kier molecular flexibility index (Phi) is 3.70. The fourth-order valence-electron chi connectivity index (χ4n) is 1.87.